The molecule has 0 aromatic carbocycles. The fourth-order valence-electron chi connectivity index (χ4n) is 1.69. The van der Waals surface area contributed by atoms with Crippen molar-refractivity contribution < 1.29 is 0 Å². The maximum atomic E-state index is 4.29. The van der Waals surface area contributed by atoms with E-state index in [1.54, 1.807) is 30.2 Å². The van der Waals surface area contributed by atoms with E-state index in [-0.39, 0.29) is 0 Å². The zero-order valence-corrected chi connectivity index (χ0v) is 10.6. The molecule has 3 aromatic heterocycles. The predicted octanol–water partition coefficient (Wildman–Crippen LogP) is 2.40. The van der Waals surface area contributed by atoms with Crippen LogP contribution in [0.3, 0.4) is 0 Å². The fraction of sp³-hybridized carbons (Fsp3) is 0.167. The highest BCUT2D eigenvalue weighted by molar-refractivity contribution is 7.18. The van der Waals surface area contributed by atoms with Crippen LogP contribution >= 0.6 is 11.3 Å². The van der Waals surface area contributed by atoms with E-state index >= 15 is 0 Å². The Morgan fingerprint density at radius 1 is 1.22 bits per heavy atom. The molecule has 3 rings (SSSR count). The minimum atomic E-state index is 0.631. The number of rotatable bonds is 3. The number of thiophene rings is 1. The van der Waals surface area contributed by atoms with Crippen molar-refractivity contribution in [1.82, 2.24) is 19.9 Å². The van der Waals surface area contributed by atoms with Crippen molar-refractivity contribution in [3.05, 3.63) is 41.6 Å². The molecule has 3 heterocycles. The van der Waals surface area contributed by atoms with Crippen molar-refractivity contribution in [2.24, 2.45) is 0 Å². The Morgan fingerprint density at radius 2 is 2.17 bits per heavy atom. The molecule has 0 aliphatic carbocycles. The minimum absolute atomic E-state index is 0.631. The summed E-state index contributed by atoms with van der Waals surface area (Å²) in [7, 11) is 0. The third-order valence-electron chi connectivity index (χ3n) is 2.61. The maximum absolute atomic E-state index is 4.29. The zero-order valence-electron chi connectivity index (χ0n) is 9.79. The van der Waals surface area contributed by atoms with Gasteiger partial charge in [-0.25, -0.2) is 19.9 Å². The molecule has 18 heavy (non-hydrogen) atoms. The molecule has 0 unspecified atom stereocenters. The molecule has 0 radical (unpaired) electrons. The second-order valence-electron chi connectivity index (χ2n) is 3.87. The monoisotopic (exact) mass is 257 g/mol. The predicted molar refractivity (Wildman–Crippen MR) is 71.5 cm³/mol. The Kier molecular flexibility index (Phi) is 2.85. The van der Waals surface area contributed by atoms with E-state index in [1.807, 2.05) is 6.07 Å². The van der Waals surface area contributed by atoms with Crippen LogP contribution in [0.25, 0.3) is 10.2 Å². The van der Waals surface area contributed by atoms with Crippen LogP contribution < -0.4 is 5.32 Å². The van der Waals surface area contributed by atoms with Crippen molar-refractivity contribution in [3.8, 4) is 0 Å². The van der Waals surface area contributed by atoms with E-state index in [4.69, 9.17) is 0 Å². The standard InChI is InChI=1S/C12H11N5S/c1-8-5-18-11-10(8)16-7-17-12(11)14-4-9-2-3-13-6-15-9/h2-3,5-7H,4H2,1H3,(H,14,16,17). The molecule has 0 saturated carbocycles. The first kappa shape index (κ1) is 11.0. The summed E-state index contributed by atoms with van der Waals surface area (Å²) in [6.07, 6.45) is 4.86. The quantitative estimate of drug-likeness (QED) is 0.780. The highest BCUT2D eigenvalue weighted by atomic mass is 32.1. The molecular weight excluding hydrogens is 246 g/mol. The van der Waals surface area contributed by atoms with Gasteiger partial charge in [0, 0.05) is 6.20 Å². The Morgan fingerprint density at radius 3 is 3.00 bits per heavy atom. The number of anilines is 1. The van der Waals surface area contributed by atoms with E-state index in [0.29, 0.717) is 6.54 Å². The number of aromatic nitrogens is 4. The second-order valence-corrected chi connectivity index (χ2v) is 4.75. The topological polar surface area (TPSA) is 63.6 Å². The first-order valence-electron chi connectivity index (χ1n) is 5.52. The summed E-state index contributed by atoms with van der Waals surface area (Å²) in [4.78, 5) is 16.6. The third kappa shape index (κ3) is 2.02. The largest absolute Gasteiger partial charge is 0.363 e. The van der Waals surface area contributed by atoms with Crippen LogP contribution in [0.5, 0.6) is 0 Å². The third-order valence-corrected chi connectivity index (χ3v) is 3.70. The number of nitrogens with one attached hydrogen (secondary N) is 1. The summed E-state index contributed by atoms with van der Waals surface area (Å²) in [5.74, 6) is 0.858. The molecule has 0 bridgehead atoms. The summed E-state index contributed by atoms with van der Waals surface area (Å²) in [6.45, 7) is 2.69. The molecule has 3 aromatic rings. The molecule has 90 valence electrons. The summed E-state index contributed by atoms with van der Waals surface area (Å²) in [6, 6.07) is 1.88. The van der Waals surface area contributed by atoms with Crippen LogP contribution in [-0.2, 0) is 6.54 Å². The molecule has 0 aliphatic rings. The van der Waals surface area contributed by atoms with Crippen LogP contribution in [0, 0.1) is 6.92 Å². The molecule has 5 nitrogen and oxygen atoms in total. The van der Waals surface area contributed by atoms with Gasteiger partial charge in [-0.3, -0.25) is 0 Å². The van der Waals surface area contributed by atoms with Gasteiger partial charge in [0.25, 0.3) is 0 Å². The minimum Gasteiger partial charge on any atom is -0.363 e. The van der Waals surface area contributed by atoms with Gasteiger partial charge in [0.15, 0.2) is 0 Å². The summed E-state index contributed by atoms with van der Waals surface area (Å²) in [5.41, 5.74) is 3.13. The molecule has 0 fully saturated rings. The van der Waals surface area contributed by atoms with Gasteiger partial charge in [0.1, 0.15) is 18.5 Å². The van der Waals surface area contributed by atoms with Gasteiger partial charge in [-0.15, -0.1) is 11.3 Å². The van der Waals surface area contributed by atoms with Gasteiger partial charge in [-0.05, 0) is 23.9 Å². The van der Waals surface area contributed by atoms with E-state index in [0.717, 1.165) is 21.7 Å². The molecule has 0 amide bonds. The van der Waals surface area contributed by atoms with Crippen molar-refractivity contribution in [2.75, 3.05) is 5.32 Å². The van der Waals surface area contributed by atoms with E-state index in [2.05, 4.69) is 37.6 Å². The van der Waals surface area contributed by atoms with Gasteiger partial charge in [-0.1, -0.05) is 0 Å². The van der Waals surface area contributed by atoms with E-state index in [1.165, 1.54) is 5.56 Å². The Bertz CT molecular complexity index is 665. The van der Waals surface area contributed by atoms with Crippen molar-refractivity contribution in [1.29, 1.82) is 0 Å². The van der Waals surface area contributed by atoms with Crippen molar-refractivity contribution >= 4 is 27.4 Å². The lowest BCUT2D eigenvalue weighted by atomic mass is 10.3. The molecular formula is C12H11N5S. The number of fused-ring (bicyclic) bond motifs is 1. The van der Waals surface area contributed by atoms with Crippen LogP contribution in [-0.4, -0.2) is 19.9 Å². The van der Waals surface area contributed by atoms with Crippen LogP contribution in [0.1, 0.15) is 11.3 Å². The molecule has 6 heteroatoms. The Hall–Kier alpha value is -2.08. The lowest BCUT2D eigenvalue weighted by Gasteiger charge is -2.05. The summed E-state index contributed by atoms with van der Waals surface area (Å²) >= 11 is 1.66. The van der Waals surface area contributed by atoms with E-state index in [9.17, 15) is 0 Å². The van der Waals surface area contributed by atoms with Gasteiger partial charge in [-0.2, -0.15) is 0 Å². The van der Waals surface area contributed by atoms with Gasteiger partial charge in [0.2, 0.25) is 0 Å². The van der Waals surface area contributed by atoms with E-state index < -0.39 is 0 Å². The fourth-order valence-corrected chi connectivity index (χ4v) is 2.66. The highest BCUT2D eigenvalue weighted by Gasteiger charge is 2.07. The normalized spacial score (nSPS) is 10.7. The molecule has 0 atom stereocenters. The first-order chi connectivity index (χ1) is 8.84. The maximum Gasteiger partial charge on any atom is 0.147 e. The van der Waals surface area contributed by atoms with Crippen LogP contribution in [0.4, 0.5) is 5.82 Å². The zero-order chi connectivity index (χ0) is 12.4. The molecule has 1 N–H and O–H groups in total. The van der Waals surface area contributed by atoms with Crippen LogP contribution in [0.2, 0.25) is 0 Å². The summed E-state index contributed by atoms with van der Waals surface area (Å²) < 4.78 is 1.09. The number of hydrogen-bond acceptors (Lipinski definition) is 6. The Balaban J connectivity index is 1.87. The SMILES string of the molecule is Cc1csc2c(NCc3ccncn3)ncnc12. The molecule has 0 spiro atoms. The molecule has 0 aliphatic heterocycles. The average molecular weight is 257 g/mol. The van der Waals surface area contributed by atoms with Crippen molar-refractivity contribution in [2.45, 2.75) is 13.5 Å². The Labute approximate surface area is 108 Å². The van der Waals surface area contributed by atoms with Gasteiger partial charge < -0.3 is 5.32 Å². The van der Waals surface area contributed by atoms with Gasteiger partial charge >= 0.3 is 0 Å². The molecule has 0 saturated heterocycles. The second kappa shape index (κ2) is 4.66. The number of hydrogen-bond donors (Lipinski definition) is 1. The van der Waals surface area contributed by atoms with Gasteiger partial charge in [0.05, 0.1) is 22.5 Å². The smallest absolute Gasteiger partial charge is 0.147 e. The summed E-state index contributed by atoms with van der Waals surface area (Å²) in [5, 5.41) is 5.38. The number of nitrogens with zero attached hydrogens (tertiary/aromatic N) is 4. The lowest BCUT2D eigenvalue weighted by Crippen LogP contribution is -2.03. The highest BCUT2D eigenvalue weighted by Crippen LogP contribution is 2.28. The van der Waals surface area contributed by atoms with Crippen molar-refractivity contribution in [3.63, 3.8) is 0 Å². The average Bonchev–Trinajstić information content (AvgIpc) is 2.80. The first-order valence-corrected chi connectivity index (χ1v) is 6.40. The lowest BCUT2D eigenvalue weighted by molar-refractivity contribution is 0.997. The number of aryl methyl sites for hydroxylation is 1. The van der Waals surface area contributed by atoms with Crippen LogP contribution in [0.15, 0.2) is 30.3 Å².